The second-order valence-corrected chi connectivity index (χ2v) is 4.82. The Kier molecular flexibility index (Phi) is 4.31. The van der Waals surface area contributed by atoms with E-state index in [0.717, 1.165) is 9.99 Å². The molecule has 1 rings (SSSR count). The lowest BCUT2D eigenvalue weighted by atomic mass is 9.93. The van der Waals surface area contributed by atoms with E-state index in [1.807, 2.05) is 13.0 Å². The van der Waals surface area contributed by atoms with Gasteiger partial charge in [-0.3, -0.25) is 0 Å². The summed E-state index contributed by atoms with van der Waals surface area (Å²) < 4.78 is 14.5. The van der Waals surface area contributed by atoms with E-state index >= 15 is 0 Å². The Labute approximate surface area is 98.0 Å². The van der Waals surface area contributed by atoms with Gasteiger partial charge in [-0.1, -0.05) is 20.3 Å². The average molecular weight is 307 g/mol. The minimum absolute atomic E-state index is 0.196. The maximum Gasteiger partial charge on any atom is 0.128 e. The van der Waals surface area contributed by atoms with Crippen LogP contribution in [0.2, 0.25) is 0 Å². The van der Waals surface area contributed by atoms with Crippen molar-refractivity contribution in [2.24, 2.45) is 11.7 Å². The van der Waals surface area contributed by atoms with Crippen LogP contribution in [0.25, 0.3) is 0 Å². The summed E-state index contributed by atoms with van der Waals surface area (Å²) in [7, 11) is 0. The molecule has 0 saturated carbocycles. The third kappa shape index (κ3) is 2.67. The molecule has 1 aromatic rings. The van der Waals surface area contributed by atoms with Crippen molar-refractivity contribution in [3.8, 4) is 0 Å². The molecule has 0 aliphatic rings. The van der Waals surface area contributed by atoms with Crippen LogP contribution < -0.4 is 5.73 Å². The summed E-state index contributed by atoms with van der Waals surface area (Å²) in [4.78, 5) is 0. The minimum Gasteiger partial charge on any atom is -0.324 e. The van der Waals surface area contributed by atoms with Gasteiger partial charge in [-0.05, 0) is 46.7 Å². The standard InChI is InChI=1S/C11H15FIN/c1-3-7(2)11(14)9-6-8(13)4-5-10(9)12/h4-7,11H,3,14H2,1-2H3/t7?,11-/m0/s1. The molecule has 14 heavy (non-hydrogen) atoms. The molecule has 0 aromatic heterocycles. The molecule has 0 aliphatic carbocycles. The summed E-state index contributed by atoms with van der Waals surface area (Å²) in [5.74, 6) is 0.112. The van der Waals surface area contributed by atoms with E-state index in [2.05, 4.69) is 29.5 Å². The van der Waals surface area contributed by atoms with E-state index in [9.17, 15) is 4.39 Å². The number of nitrogens with two attached hydrogens (primary N) is 1. The monoisotopic (exact) mass is 307 g/mol. The van der Waals surface area contributed by atoms with Crippen molar-refractivity contribution in [1.82, 2.24) is 0 Å². The summed E-state index contributed by atoms with van der Waals surface area (Å²) in [6.45, 7) is 4.11. The van der Waals surface area contributed by atoms with Crippen molar-refractivity contribution in [1.29, 1.82) is 0 Å². The summed E-state index contributed by atoms with van der Waals surface area (Å²) in [5, 5.41) is 0. The Balaban J connectivity index is 2.99. The molecule has 1 nitrogen and oxygen atoms in total. The number of hydrogen-bond acceptors (Lipinski definition) is 1. The van der Waals surface area contributed by atoms with Crippen LogP contribution in [0.3, 0.4) is 0 Å². The summed E-state index contributed by atoms with van der Waals surface area (Å²) >= 11 is 2.17. The van der Waals surface area contributed by atoms with Gasteiger partial charge in [0, 0.05) is 15.2 Å². The van der Waals surface area contributed by atoms with Crippen LogP contribution in [-0.2, 0) is 0 Å². The number of benzene rings is 1. The molecule has 3 heteroatoms. The Morgan fingerprint density at radius 1 is 1.50 bits per heavy atom. The van der Waals surface area contributed by atoms with Crippen molar-refractivity contribution >= 4 is 22.6 Å². The van der Waals surface area contributed by atoms with Crippen LogP contribution in [0.5, 0.6) is 0 Å². The van der Waals surface area contributed by atoms with E-state index < -0.39 is 0 Å². The van der Waals surface area contributed by atoms with Gasteiger partial charge in [0.15, 0.2) is 0 Å². The quantitative estimate of drug-likeness (QED) is 0.850. The zero-order valence-electron chi connectivity index (χ0n) is 8.43. The predicted octanol–water partition coefficient (Wildman–Crippen LogP) is 3.48. The van der Waals surface area contributed by atoms with Gasteiger partial charge in [0.05, 0.1) is 0 Å². The molecule has 0 spiro atoms. The Hall–Kier alpha value is -0.160. The fraction of sp³-hybridized carbons (Fsp3) is 0.455. The molecule has 0 saturated heterocycles. The predicted molar refractivity (Wildman–Crippen MR) is 65.5 cm³/mol. The molecule has 78 valence electrons. The van der Waals surface area contributed by atoms with Crippen LogP contribution >= 0.6 is 22.6 Å². The second kappa shape index (κ2) is 5.07. The first-order valence-electron chi connectivity index (χ1n) is 4.76. The average Bonchev–Trinajstić information content (AvgIpc) is 2.19. The van der Waals surface area contributed by atoms with Crippen LogP contribution in [0, 0.1) is 15.3 Å². The van der Waals surface area contributed by atoms with Crippen LogP contribution in [-0.4, -0.2) is 0 Å². The molecule has 0 heterocycles. The number of halogens is 2. The smallest absolute Gasteiger partial charge is 0.128 e. The lowest BCUT2D eigenvalue weighted by Gasteiger charge is -2.19. The molecule has 0 aliphatic heterocycles. The highest BCUT2D eigenvalue weighted by molar-refractivity contribution is 14.1. The van der Waals surface area contributed by atoms with Crippen LogP contribution in [0.4, 0.5) is 4.39 Å². The molecule has 2 N–H and O–H groups in total. The molecule has 0 fully saturated rings. The maximum absolute atomic E-state index is 13.4. The molecule has 0 radical (unpaired) electrons. The van der Waals surface area contributed by atoms with Crippen molar-refractivity contribution in [3.63, 3.8) is 0 Å². The fourth-order valence-electron chi connectivity index (χ4n) is 1.33. The summed E-state index contributed by atoms with van der Waals surface area (Å²) in [6.07, 6.45) is 0.964. The van der Waals surface area contributed by atoms with Gasteiger partial charge < -0.3 is 5.73 Å². The van der Waals surface area contributed by atoms with E-state index in [0.29, 0.717) is 11.5 Å². The SMILES string of the molecule is CCC(C)[C@H](N)c1cc(I)ccc1F. The normalized spacial score (nSPS) is 15.2. The molecule has 0 bridgehead atoms. The second-order valence-electron chi connectivity index (χ2n) is 3.58. The summed E-state index contributed by atoms with van der Waals surface area (Å²) in [6, 6.07) is 4.86. The number of hydrogen-bond donors (Lipinski definition) is 1. The van der Waals surface area contributed by atoms with E-state index in [4.69, 9.17) is 5.73 Å². The topological polar surface area (TPSA) is 26.0 Å². The van der Waals surface area contributed by atoms with Gasteiger partial charge in [-0.2, -0.15) is 0 Å². The summed E-state index contributed by atoms with van der Waals surface area (Å²) in [5.41, 5.74) is 6.61. The van der Waals surface area contributed by atoms with Crippen molar-refractivity contribution < 1.29 is 4.39 Å². The maximum atomic E-state index is 13.4. The highest BCUT2D eigenvalue weighted by atomic mass is 127. The first-order chi connectivity index (χ1) is 6.56. The molecular formula is C11H15FIN. The zero-order valence-corrected chi connectivity index (χ0v) is 10.6. The first kappa shape index (κ1) is 11.9. The minimum atomic E-state index is -0.199. The Bertz CT molecular complexity index is 314. The largest absolute Gasteiger partial charge is 0.324 e. The van der Waals surface area contributed by atoms with Gasteiger partial charge in [0.25, 0.3) is 0 Å². The number of rotatable bonds is 3. The zero-order chi connectivity index (χ0) is 10.7. The molecular weight excluding hydrogens is 292 g/mol. The van der Waals surface area contributed by atoms with Gasteiger partial charge in [0.2, 0.25) is 0 Å². The lowest BCUT2D eigenvalue weighted by Crippen LogP contribution is -2.19. The molecule has 1 unspecified atom stereocenters. The van der Waals surface area contributed by atoms with Gasteiger partial charge >= 0.3 is 0 Å². The van der Waals surface area contributed by atoms with Gasteiger partial charge in [-0.15, -0.1) is 0 Å². The van der Waals surface area contributed by atoms with Crippen LogP contribution in [0.1, 0.15) is 31.9 Å². The lowest BCUT2D eigenvalue weighted by molar-refractivity contribution is 0.439. The van der Waals surface area contributed by atoms with Gasteiger partial charge in [0.1, 0.15) is 5.82 Å². The first-order valence-corrected chi connectivity index (χ1v) is 5.84. The molecule has 1 aromatic carbocycles. The fourth-order valence-corrected chi connectivity index (χ4v) is 1.85. The highest BCUT2D eigenvalue weighted by Crippen LogP contribution is 2.25. The van der Waals surface area contributed by atoms with Crippen molar-refractivity contribution in [3.05, 3.63) is 33.1 Å². The Morgan fingerprint density at radius 2 is 2.14 bits per heavy atom. The van der Waals surface area contributed by atoms with Crippen LogP contribution in [0.15, 0.2) is 18.2 Å². The third-order valence-electron chi connectivity index (χ3n) is 2.57. The van der Waals surface area contributed by atoms with E-state index in [1.54, 1.807) is 6.07 Å². The van der Waals surface area contributed by atoms with Crippen molar-refractivity contribution in [2.75, 3.05) is 0 Å². The van der Waals surface area contributed by atoms with E-state index in [1.165, 1.54) is 6.07 Å². The van der Waals surface area contributed by atoms with Crippen molar-refractivity contribution in [2.45, 2.75) is 26.3 Å². The van der Waals surface area contributed by atoms with E-state index in [-0.39, 0.29) is 11.9 Å². The van der Waals surface area contributed by atoms with Gasteiger partial charge in [-0.25, -0.2) is 4.39 Å². The Morgan fingerprint density at radius 3 is 2.71 bits per heavy atom. The highest BCUT2D eigenvalue weighted by Gasteiger charge is 2.16. The molecule has 0 amide bonds. The molecule has 2 atom stereocenters. The third-order valence-corrected chi connectivity index (χ3v) is 3.25.